The molecule has 1 heterocycles. The van der Waals surface area contributed by atoms with E-state index >= 15 is 0 Å². The molecule has 2 aromatic rings. The zero-order valence-electron chi connectivity index (χ0n) is 9.75. The van der Waals surface area contributed by atoms with E-state index in [2.05, 4.69) is 15.5 Å². The molecule has 0 saturated heterocycles. The summed E-state index contributed by atoms with van der Waals surface area (Å²) in [6.45, 7) is 1.65. The smallest absolute Gasteiger partial charge is 0.374 e. The van der Waals surface area contributed by atoms with Gasteiger partial charge in [0.05, 0.1) is 17.8 Å². The fourth-order valence-electron chi connectivity index (χ4n) is 1.42. The minimum Gasteiger partial charge on any atom is -0.374 e. The van der Waals surface area contributed by atoms with Crippen LogP contribution in [-0.4, -0.2) is 10.1 Å². The molecule has 0 bridgehead atoms. The van der Waals surface area contributed by atoms with Gasteiger partial charge in [-0.15, -0.1) is 0 Å². The van der Waals surface area contributed by atoms with Crippen LogP contribution in [-0.2, 0) is 12.7 Å². The first-order valence-electron chi connectivity index (χ1n) is 5.26. The van der Waals surface area contributed by atoms with Crippen LogP contribution in [0.15, 0.2) is 22.7 Å². The van der Waals surface area contributed by atoms with Gasteiger partial charge >= 0.3 is 6.18 Å². The Bertz CT molecular complexity index is 580. The SMILES string of the molecule is Cc1noc(CNc2ccc(C(F)(F)F)cc2F)n1. The van der Waals surface area contributed by atoms with Crippen LogP contribution in [0.3, 0.4) is 0 Å². The van der Waals surface area contributed by atoms with Crippen molar-refractivity contribution in [2.24, 2.45) is 0 Å². The lowest BCUT2D eigenvalue weighted by Crippen LogP contribution is -2.07. The molecule has 0 saturated carbocycles. The van der Waals surface area contributed by atoms with E-state index in [1.54, 1.807) is 6.92 Å². The minimum atomic E-state index is -4.57. The molecule has 0 fully saturated rings. The van der Waals surface area contributed by atoms with Gasteiger partial charge in [0.2, 0.25) is 5.89 Å². The van der Waals surface area contributed by atoms with Gasteiger partial charge in [-0.05, 0) is 25.1 Å². The first-order chi connectivity index (χ1) is 8.86. The van der Waals surface area contributed by atoms with Gasteiger partial charge < -0.3 is 9.84 Å². The number of benzene rings is 1. The van der Waals surface area contributed by atoms with E-state index in [1.807, 2.05) is 0 Å². The molecule has 0 aliphatic heterocycles. The normalized spacial score (nSPS) is 11.6. The van der Waals surface area contributed by atoms with Crippen molar-refractivity contribution in [2.45, 2.75) is 19.6 Å². The number of halogens is 4. The van der Waals surface area contributed by atoms with E-state index in [1.165, 1.54) is 0 Å². The van der Waals surface area contributed by atoms with Crippen LogP contribution in [0.4, 0.5) is 23.2 Å². The van der Waals surface area contributed by atoms with Gasteiger partial charge in [-0.2, -0.15) is 18.2 Å². The van der Waals surface area contributed by atoms with E-state index in [4.69, 9.17) is 4.52 Å². The van der Waals surface area contributed by atoms with Crippen LogP contribution in [0.1, 0.15) is 17.3 Å². The number of nitrogens with zero attached hydrogens (tertiary/aromatic N) is 2. The van der Waals surface area contributed by atoms with Crippen molar-refractivity contribution in [2.75, 3.05) is 5.32 Å². The fraction of sp³-hybridized carbons (Fsp3) is 0.273. The maximum absolute atomic E-state index is 13.5. The van der Waals surface area contributed by atoms with E-state index < -0.39 is 17.6 Å². The molecule has 2 rings (SSSR count). The van der Waals surface area contributed by atoms with Crippen molar-refractivity contribution in [1.29, 1.82) is 0 Å². The monoisotopic (exact) mass is 275 g/mol. The lowest BCUT2D eigenvalue weighted by Gasteiger charge is -2.09. The molecule has 19 heavy (non-hydrogen) atoms. The molecular weight excluding hydrogens is 266 g/mol. The molecule has 1 aromatic carbocycles. The third-order valence-electron chi connectivity index (χ3n) is 2.30. The standard InChI is InChI=1S/C11H9F4N3O/c1-6-17-10(19-18-6)5-16-9-3-2-7(4-8(9)12)11(13,14)15/h2-4,16H,5H2,1H3. The van der Waals surface area contributed by atoms with Crippen LogP contribution in [0, 0.1) is 12.7 Å². The van der Waals surface area contributed by atoms with Gasteiger partial charge in [0.15, 0.2) is 5.82 Å². The maximum Gasteiger partial charge on any atom is 0.416 e. The quantitative estimate of drug-likeness (QED) is 0.874. The Balaban J connectivity index is 2.09. The van der Waals surface area contributed by atoms with Crippen molar-refractivity contribution in [3.05, 3.63) is 41.3 Å². The molecule has 1 aromatic heterocycles. The highest BCUT2D eigenvalue weighted by atomic mass is 19.4. The van der Waals surface area contributed by atoms with Gasteiger partial charge in [-0.25, -0.2) is 4.39 Å². The van der Waals surface area contributed by atoms with Gasteiger partial charge in [-0.3, -0.25) is 0 Å². The van der Waals surface area contributed by atoms with Crippen molar-refractivity contribution in [3.63, 3.8) is 0 Å². The second-order valence-electron chi connectivity index (χ2n) is 3.78. The highest BCUT2D eigenvalue weighted by molar-refractivity contribution is 5.46. The summed E-state index contributed by atoms with van der Waals surface area (Å²) in [6.07, 6.45) is -4.57. The van der Waals surface area contributed by atoms with Gasteiger partial charge in [0, 0.05) is 0 Å². The number of aromatic nitrogens is 2. The lowest BCUT2D eigenvalue weighted by atomic mass is 10.2. The number of aryl methyl sites for hydroxylation is 1. The Hall–Kier alpha value is -2.12. The van der Waals surface area contributed by atoms with Gasteiger partial charge in [0.1, 0.15) is 5.82 Å². The predicted octanol–water partition coefficient (Wildman–Crippen LogP) is 3.15. The largest absolute Gasteiger partial charge is 0.416 e. The lowest BCUT2D eigenvalue weighted by molar-refractivity contribution is -0.137. The summed E-state index contributed by atoms with van der Waals surface area (Å²) in [5.74, 6) is -0.354. The number of nitrogens with one attached hydrogen (secondary N) is 1. The molecular formula is C11H9F4N3O. The second-order valence-corrected chi connectivity index (χ2v) is 3.78. The van der Waals surface area contributed by atoms with Gasteiger partial charge in [-0.1, -0.05) is 5.16 Å². The van der Waals surface area contributed by atoms with E-state index in [9.17, 15) is 17.6 Å². The van der Waals surface area contributed by atoms with Crippen LogP contribution in [0.25, 0.3) is 0 Å². The predicted molar refractivity (Wildman–Crippen MR) is 57.8 cm³/mol. The Morgan fingerprint density at radius 3 is 2.58 bits per heavy atom. The molecule has 0 amide bonds. The minimum absolute atomic E-state index is 0.0309. The molecule has 0 radical (unpaired) electrons. The summed E-state index contributed by atoms with van der Waals surface area (Å²) < 4.78 is 55.2. The molecule has 0 atom stereocenters. The molecule has 0 unspecified atom stereocenters. The highest BCUT2D eigenvalue weighted by Crippen LogP contribution is 2.31. The molecule has 1 N–H and O–H groups in total. The first kappa shape index (κ1) is 13.3. The Kier molecular flexibility index (Phi) is 3.41. The van der Waals surface area contributed by atoms with E-state index in [0.29, 0.717) is 11.9 Å². The summed E-state index contributed by atoms with van der Waals surface area (Å²) in [7, 11) is 0. The molecule has 102 valence electrons. The second kappa shape index (κ2) is 4.87. The van der Waals surface area contributed by atoms with Crippen LogP contribution < -0.4 is 5.32 Å². The highest BCUT2D eigenvalue weighted by Gasteiger charge is 2.31. The zero-order valence-corrected chi connectivity index (χ0v) is 9.75. The average molecular weight is 275 g/mol. The van der Waals surface area contributed by atoms with Crippen molar-refractivity contribution >= 4 is 5.69 Å². The Morgan fingerprint density at radius 1 is 1.32 bits per heavy atom. The molecule has 0 aliphatic carbocycles. The maximum atomic E-state index is 13.5. The third kappa shape index (κ3) is 3.21. The number of rotatable bonds is 3. The summed E-state index contributed by atoms with van der Waals surface area (Å²) in [4.78, 5) is 3.87. The van der Waals surface area contributed by atoms with Crippen LogP contribution in [0.2, 0.25) is 0 Å². The number of hydrogen-bond donors (Lipinski definition) is 1. The molecule has 4 nitrogen and oxygen atoms in total. The van der Waals surface area contributed by atoms with E-state index in [0.717, 1.165) is 12.1 Å². The Morgan fingerprint density at radius 2 is 2.05 bits per heavy atom. The van der Waals surface area contributed by atoms with Gasteiger partial charge in [0.25, 0.3) is 0 Å². The number of anilines is 1. The number of alkyl halides is 3. The fourth-order valence-corrected chi connectivity index (χ4v) is 1.42. The third-order valence-corrected chi connectivity index (χ3v) is 2.30. The molecule has 8 heteroatoms. The topological polar surface area (TPSA) is 51.0 Å². The molecule has 0 aliphatic rings. The summed E-state index contributed by atoms with van der Waals surface area (Å²) in [5, 5.41) is 6.11. The summed E-state index contributed by atoms with van der Waals surface area (Å²) in [5.41, 5.74) is -1.10. The molecule has 0 spiro atoms. The average Bonchev–Trinajstić information content (AvgIpc) is 2.72. The van der Waals surface area contributed by atoms with Crippen molar-refractivity contribution in [3.8, 4) is 0 Å². The van der Waals surface area contributed by atoms with Crippen molar-refractivity contribution < 1.29 is 22.1 Å². The first-order valence-corrected chi connectivity index (χ1v) is 5.26. The van der Waals surface area contributed by atoms with Crippen molar-refractivity contribution in [1.82, 2.24) is 10.1 Å². The zero-order chi connectivity index (χ0) is 14.0. The van der Waals surface area contributed by atoms with Crippen LogP contribution in [0.5, 0.6) is 0 Å². The van der Waals surface area contributed by atoms with E-state index in [-0.39, 0.29) is 18.1 Å². The summed E-state index contributed by atoms with van der Waals surface area (Å²) >= 11 is 0. The van der Waals surface area contributed by atoms with Crippen LogP contribution >= 0.6 is 0 Å². The Labute approximate surface area is 105 Å². The number of hydrogen-bond acceptors (Lipinski definition) is 4. The summed E-state index contributed by atoms with van der Waals surface area (Å²) in [6, 6.07) is 2.24.